The monoisotopic (exact) mass is 328 g/mol. The summed E-state index contributed by atoms with van der Waals surface area (Å²) >= 11 is 0. The molecule has 1 N–H and O–H groups in total. The number of alkyl halides is 3. The number of carbonyl (C=O) groups is 1. The summed E-state index contributed by atoms with van der Waals surface area (Å²) in [4.78, 5) is 11.7. The molecule has 0 aliphatic carbocycles. The lowest BCUT2D eigenvalue weighted by atomic mass is 10.3. The van der Waals surface area contributed by atoms with Crippen molar-refractivity contribution in [3.05, 3.63) is 42.5 Å². The molecule has 0 fully saturated rings. The Hall–Kier alpha value is -2.42. The van der Waals surface area contributed by atoms with Crippen molar-refractivity contribution < 1.29 is 22.7 Å². The van der Waals surface area contributed by atoms with Gasteiger partial charge in [-0.2, -0.15) is 13.2 Å². The molecule has 2 aromatic rings. The van der Waals surface area contributed by atoms with Gasteiger partial charge in [0.1, 0.15) is 19.0 Å². The molecule has 0 spiro atoms. The zero-order valence-electron chi connectivity index (χ0n) is 12.2. The fourth-order valence-electron chi connectivity index (χ4n) is 1.79. The number of hydrogen-bond acceptors (Lipinski definition) is 4. The topological polar surface area (TPSA) is 69.0 Å². The normalized spacial score (nSPS) is 12.9. The Morgan fingerprint density at radius 2 is 2.04 bits per heavy atom. The summed E-state index contributed by atoms with van der Waals surface area (Å²) in [5.74, 6) is -0.204. The van der Waals surface area contributed by atoms with Crippen LogP contribution in [0.15, 0.2) is 36.7 Å². The Labute approximate surface area is 130 Å². The fourth-order valence-corrected chi connectivity index (χ4v) is 1.79. The highest BCUT2D eigenvalue weighted by molar-refractivity contribution is 5.80. The third-order valence-corrected chi connectivity index (χ3v) is 2.94. The summed E-state index contributed by atoms with van der Waals surface area (Å²) in [6.45, 7) is -0.196. The van der Waals surface area contributed by atoms with Crippen LogP contribution >= 0.6 is 0 Å². The molecule has 124 valence electrons. The van der Waals surface area contributed by atoms with Crippen molar-refractivity contribution in [3.8, 4) is 5.69 Å². The van der Waals surface area contributed by atoms with Gasteiger partial charge >= 0.3 is 6.18 Å². The van der Waals surface area contributed by atoms with E-state index in [1.807, 2.05) is 30.3 Å². The number of nitrogens with one attached hydrogen (secondary N) is 1. The lowest BCUT2D eigenvalue weighted by Crippen LogP contribution is -2.36. The summed E-state index contributed by atoms with van der Waals surface area (Å²) < 4.78 is 42.3. The molecule has 1 aromatic carbocycles. The van der Waals surface area contributed by atoms with E-state index in [-0.39, 0.29) is 6.54 Å². The second-order valence-corrected chi connectivity index (χ2v) is 4.74. The molecule has 0 saturated heterocycles. The van der Waals surface area contributed by atoms with E-state index in [1.54, 1.807) is 4.57 Å². The summed E-state index contributed by atoms with van der Waals surface area (Å²) in [6, 6.07) is 9.21. The van der Waals surface area contributed by atoms with Gasteiger partial charge in [-0.25, -0.2) is 0 Å². The van der Waals surface area contributed by atoms with Gasteiger partial charge in [0, 0.05) is 5.69 Å². The van der Waals surface area contributed by atoms with Gasteiger partial charge in [0.15, 0.2) is 5.82 Å². The Morgan fingerprint density at radius 3 is 2.70 bits per heavy atom. The van der Waals surface area contributed by atoms with Crippen LogP contribution in [0.2, 0.25) is 0 Å². The quantitative estimate of drug-likeness (QED) is 0.879. The molecule has 0 aliphatic heterocycles. The summed E-state index contributed by atoms with van der Waals surface area (Å²) in [5, 5.41) is 10.1. The first-order valence-corrected chi connectivity index (χ1v) is 6.77. The molecule has 0 radical (unpaired) electrons. The minimum atomic E-state index is -4.47. The highest BCUT2D eigenvalue weighted by Crippen LogP contribution is 2.15. The van der Waals surface area contributed by atoms with Crippen LogP contribution in [-0.2, 0) is 16.1 Å². The van der Waals surface area contributed by atoms with E-state index in [0.717, 1.165) is 5.69 Å². The van der Waals surface area contributed by atoms with E-state index in [2.05, 4.69) is 20.3 Å². The molecule has 6 nitrogen and oxygen atoms in total. The largest absolute Gasteiger partial charge is 0.411 e. The average molecular weight is 328 g/mol. The third kappa shape index (κ3) is 5.06. The van der Waals surface area contributed by atoms with Crippen LogP contribution in [-0.4, -0.2) is 39.6 Å². The highest BCUT2D eigenvalue weighted by atomic mass is 19.4. The number of aromatic nitrogens is 3. The van der Waals surface area contributed by atoms with Gasteiger partial charge < -0.3 is 10.1 Å². The minimum Gasteiger partial charge on any atom is -0.359 e. The number of rotatable bonds is 6. The number of hydrogen-bond donors (Lipinski definition) is 1. The van der Waals surface area contributed by atoms with Crippen LogP contribution in [0.1, 0.15) is 12.7 Å². The zero-order chi connectivity index (χ0) is 16.9. The number of para-hydroxylation sites is 1. The van der Waals surface area contributed by atoms with Crippen LogP contribution in [0.4, 0.5) is 13.2 Å². The van der Waals surface area contributed by atoms with Crippen LogP contribution in [0.25, 0.3) is 5.69 Å². The molecule has 0 unspecified atom stereocenters. The Balaban J connectivity index is 1.92. The van der Waals surface area contributed by atoms with E-state index in [4.69, 9.17) is 0 Å². The van der Waals surface area contributed by atoms with E-state index in [9.17, 15) is 18.0 Å². The Kier molecular flexibility index (Phi) is 5.32. The first-order valence-electron chi connectivity index (χ1n) is 6.77. The first kappa shape index (κ1) is 16.9. The summed E-state index contributed by atoms with van der Waals surface area (Å²) in [7, 11) is 0. The van der Waals surface area contributed by atoms with Crippen molar-refractivity contribution in [2.45, 2.75) is 25.7 Å². The summed E-state index contributed by atoms with van der Waals surface area (Å²) in [6.07, 6.45) is -4.20. The second-order valence-electron chi connectivity index (χ2n) is 4.74. The molecule has 23 heavy (non-hydrogen) atoms. The predicted octanol–water partition coefficient (Wildman–Crippen LogP) is 1.85. The first-order chi connectivity index (χ1) is 10.9. The predicted molar refractivity (Wildman–Crippen MR) is 74.7 cm³/mol. The van der Waals surface area contributed by atoms with E-state index in [1.165, 1.54) is 13.3 Å². The van der Waals surface area contributed by atoms with Gasteiger partial charge in [-0.05, 0) is 19.1 Å². The van der Waals surface area contributed by atoms with E-state index >= 15 is 0 Å². The van der Waals surface area contributed by atoms with E-state index in [0.29, 0.717) is 5.82 Å². The minimum absolute atomic E-state index is 0.0213. The van der Waals surface area contributed by atoms with Crippen molar-refractivity contribution in [3.63, 3.8) is 0 Å². The van der Waals surface area contributed by atoms with Crippen LogP contribution < -0.4 is 5.32 Å². The van der Waals surface area contributed by atoms with Crippen molar-refractivity contribution in [1.82, 2.24) is 20.1 Å². The van der Waals surface area contributed by atoms with Crippen LogP contribution in [0.5, 0.6) is 0 Å². The Morgan fingerprint density at radius 1 is 1.35 bits per heavy atom. The van der Waals surface area contributed by atoms with Crippen molar-refractivity contribution >= 4 is 5.91 Å². The standard InChI is InChI=1S/C14H15F3N4O2/c1-10(23-8-14(15,16)17)13(22)18-7-12-20-19-9-21(12)11-5-3-2-4-6-11/h2-6,9-10H,7-8H2,1H3,(H,18,22)/t10-/m0/s1. The van der Waals surface area contributed by atoms with Crippen molar-refractivity contribution in [2.75, 3.05) is 6.61 Å². The van der Waals surface area contributed by atoms with Gasteiger partial charge in [-0.1, -0.05) is 18.2 Å². The molecule has 1 amide bonds. The molecule has 1 aromatic heterocycles. The molecule has 0 saturated carbocycles. The van der Waals surface area contributed by atoms with Crippen molar-refractivity contribution in [1.29, 1.82) is 0 Å². The third-order valence-electron chi connectivity index (χ3n) is 2.94. The number of nitrogens with zero attached hydrogens (tertiary/aromatic N) is 3. The maximum Gasteiger partial charge on any atom is 0.411 e. The molecule has 0 bridgehead atoms. The lowest BCUT2D eigenvalue weighted by Gasteiger charge is -2.14. The molecule has 9 heteroatoms. The maximum atomic E-state index is 12.1. The maximum absolute atomic E-state index is 12.1. The van der Waals surface area contributed by atoms with Gasteiger partial charge in [0.05, 0.1) is 6.54 Å². The lowest BCUT2D eigenvalue weighted by molar-refractivity contribution is -0.185. The van der Waals surface area contributed by atoms with Gasteiger partial charge in [0.25, 0.3) is 0 Å². The zero-order valence-corrected chi connectivity index (χ0v) is 12.2. The van der Waals surface area contributed by atoms with Gasteiger partial charge in [-0.3, -0.25) is 9.36 Å². The summed E-state index contributed by atoms with van der Waals surface area (Å²) in [5.41, 5.74) is 0.808. The average Bonchev–Trinajstić information content (AvgIpc) is 2.99. The molecule has 0 aliphatic rings. The van der Waals surface area contributed by atoms with Crippen LogP contribution in [0.3, 0.4) is 0 Å². The van der Waals surface area contributed by atoms with Gasteiger partial charge in [0.2, 0.25) is 5.91 Å². The SMILES string of the molecule is C[C@H](OCC(F)(F)F)C(=O)NCc1nncn1-c1ccccc1. The highest BCUT2D eigenvalue weighted by Gasteiger charge is 2.29. The molecule has 2 rings (SSSR count). The molecule has 1 atom stereocenters. The van der Waals surface area contributed by atoms with Crippen LogP contribution in [0, 0.1) is 0 Å². The second kappa shape index (κ2) is 7.23. The molecule has 1 heterocycles. The number of benzene rings is 1. The smallest absolute Gasteiger partial charge is 0.359 e. The fraction of sp³-hybridized carbons (Fsp3) is 0.357. The molecular formula is C14H15F3N4O2. The van der Waals surface area contributed by atoms with E-state index < -0.39 is 24.8 Å². The number of carbonyl (C=O) groups excluding carboxylic acids is 1. The molecular weight excluding hydrogens is 313 g/mol. The Bertz CT molecular complexity index is 643. The number of ether oxygens (including phenoxy) is 1. The number of amides is 1. The van der Waals surface area contributed by atoms with Crippen molar-refractivity contribution in [2.24, 2.45) is 0 Å². The van der Waals surface area contributed by atoms with Gasteiger partial charge in [-0.15, -0.1) is 10.2 Å². The number of halogens is 3.